The van der Waals surface area contributed by atoms with Crippen molar-refractivity contribution in [3.63, 3.8) is 0 Å². The Morgan fingerprint density at radius 3 is 2.33 bits per heavy atom. The number of fused-ring (bicyclic) bond motifs is 1. The molecule has 0 radical (unpaired) electrons. The monoisotopic (exact) mass is 602 g/mol. The molecule has 2 aromatic carbocycles. The van der Waals surface area contributed by atoms with Gasteiger partial charge < -0.3 is 31.1 Å². The SMILES string of the molecule is CC(C)C[C@H](NC(=O)[C@H](Cc1cccc2ccccc12)NC(=O)O)C(=O)N[C@@H](C[C@@H]1CCNC1=O)C1OC1S(C)(=O)=O. The molecule has 2 unspecified atom stereocenters. The molecule has 0 aromatic heterocycles. The Labute approximate surface area is 244 Å². The minimum atomic E-state index is -3.54. The van der Waals surface area contributed by atoms with Gasteiger partial charge in [-0.2, -0.15) is 0 Å². The van der Waals surface area contributed by atoms with E-state index in [0.29, 0.717) is 13.0 Å². The lowest BCUT2D eigenvalue weighted by atomic mass is 9.95. The summed E-state index contributed by atoms with van der Waals surface area (Å²) in [6.07, 6.45) is -0.130. The molecule has 6 atom stereocenters. The highest BCUT2D eigenvalue weighted by atomic mass is 32.2. The first-order valence-corrected chi connectivity index (χ1v) is 16.0. The van der Waals surface area contributed by atoms with Crippen LogP contribution in [-0.4, -0.2) is 79.8 Å². The van der Waals surface area contributed by atoms with E-state index in [0.717, 1.165) is 22.6 Å². The smallest absolute Gasteiger partial charge is 0.405 e. The zero-order chi connectivity index (χ0) is 30.6. The van der Waals surface area contributed by atoms with E-state index >= 15 is 0 Å². The summed E-state index contributed by atoms with van der Waals surface area (Å²) in [6, 6.07) is 10.1. The van der Waals surface area contributed by atoms with Gasteiger partial charge in [0.1, 0.15) is 18.2 Å². The standard InChI is InChI=1S/C29H38N4O8S/c1-16(2)13-22(26(35)31-21(15-19-11-12-30-25(19)34)24-28(41-24)42(3,39)40)32-27(36)23(33-29(37)38)14-18-9-6-8-17-7-4-5-10-20(17)18/h4-10,16,19,21-24,28,33H,11-15H2,1-3H3,(H,30,34)(H,31,35)(H,32,36)(H,37,38)/t19-,21-,22-,23-,24?,28?/m0/s1. The highest BCUT2D eigenvalue weighted by Crippen LogP contribution is 2.33. The van der Waals surface area contributed by atoms with Crippen molar-refractivity contribution < 1.29 is 37.4 Å². The van der Waals surface area contributed by atoms with E-state index in [4.69, 9.17) is 4.74 Å². The molecule has 4 amide bonds. The van der Waals surface area contributed by atoms with Gasteiger partial charge in [0.15, 0.2) is 15.3 Å². The number of rotatable bonds is 13. The molecule has 0 saturated carbocycles. The van der Waals surface area contributed by atoms with Gasteiger partial charge in [0.25, 0.3) is 0 Å². The fourth-order valence-electron chi connectivity index (χ4n) is 5.50. The Morgan fingerprint density at radius 2 is 1.71 bits per heavy atom. The molecule has 2 aromatic rings. The van der Waals surface area contributed by atoms with Crippen molar-refractivity contribution >= 4 is 44.4 Å². The molecular weight excluding hydrogens is 564 g/mol. The number of carboxylic acid groups (broad SMARTS) is 1. The van der Waals surface area contributed by atoms with Crippen LogP contribution in [-0.2, 0) is 35.4 Å². The molecule has 2 aliphatic rings. The Hall–Kier alpha value is -3.71. The lowest BCUT2D eigenvalue weighted by Gasteiger charge is -2.26. The van der Waals surface area contributed by atoms with Gasteiger partial charge in [-0.1, -0.05) is 56.3 Å². The van der Waals surface area contributed by atoms with Crippen LogP contribution in [0.4, 0.5) is 4.79 Å². The van der Waals surface area contributed by atoms with Gasteiger partial charge >= 0.3 is 6.09 Å². The van der Waals surface area contributed by atoms with Gasteiger partial charge in [-0.25, -0.2) is 13.2 Å². The number of ether oxygens (including phenoxy) is 1. The first kappa shape index (κ1) is 31.2. The van der Waals surface area contributed by atoms with E-state index in [1.54, 1.807) is 0 Å². The quantitative estimate of drug-likeness (QED) is 0.213. The fourth-order valence-corrected chi connectivity index (χ4v) is 6.50. The van der Waals surface area contributed by atoms with Crippen LogP contribution in [0.25, 0.3) is 10.8 Å². The van der Waals surface area contributed by atoms with E-state index in [-0.39, 0.29) is 31.1 Å². The zero-order valence-corrected chi connectivity index (χ0v) is 24.6. The van der Waals surface area contributed by atoms with Crippen LogP contribution in [0, 0.1) is 11.8 Å². The van der Waals surface area contributed by atoms with Crippen molar-refractivity contribution in [3.05, 3.63) is 48.0 Å². The van der Waals surface area contributed by atoms with Crippen molar-refractivity contribution in [3.8, 4) is 0 Å². The summed E-state index contributed by atoms with van der Waals surface area (Å²) >= 11 is 0. The topological polar surface area (TPSA) is 183 Å². The highest BCUT2D eigenvalue weighted by molar-refractivity contribution is 7.91. The van der Waals surface area contributed by atoms with Gasteiger partial charge in [0, 0.05) is 25.1 Å². The highest BCUT2D eigenvalue weighted by Gasteiger charge is 2.53. The molecule has 2 heterocycles. The molecule has 2 fully saturated rings. The average Bonchev–Trinajstić information content (AvgIpc) is 3.64. The number of hydrogen-bond donors (Lipinski definition) is 5. The molecule has 4 rings (SSSR count). The summed E-state index contributed by atoms with van der Waals surface area (Å²) in [7, 11) is -3.54. The maximum absolute atomic E-state index is 13.6. The van der Waals surface area contributed by atoms with Crippen LogP contribution < -0.4 is 21.3 Å². The number of hydrogen-bond acceptors (Lipinski definition) is 7. The zero-order valence-electron chi connectivity index (χ0n) is 23.8. The third kappa shape index (κ3) is 7.97. The second-order valence-electron chi connectivity index (χ2n) is 11.5. The first-order chi connectivity index (χ1) is 19.8. The third-order valence-corrected chi connectivity index (χ3v) is 8.81. The Kier molecular flexibility index (Phi) is 9.72. The van der Waals surface area contributed by atoms with Crippen LogP contribution in [0.3, 0.4) is 0 Å². The summed E-state index contributed by atoms with van der Waals surface area (Å²) in [5, 5.41) is 21.9. The van der Waals surface area contributed by atoms with Crippen LogP contribution >= 0.6 is 0 Å². The first-order valence-electron chi connectivity index (χ1n) is 14.0. The molecule has 0 bridgehead atoms. The van der Waals surface area contributed by atoms with Crippen LogP contribution in [0.2, 0.25) is 0 Å². The molecule has 2 saturated heterocycles. The fraction of sp³-hybridized carbons (Fsp3) is 0.517. The van der Waals surface area contributed by atoms with Crippen molar-refractivity contribution in [1.29, 1.82) is 0 Å². The molecule has 2 aliphatic heterocycles. The second-order valence-corrected chi connectivity index (χ2v) is 13.6. The molecule has 13 heteroatoms. The van der Waals surface area contributed by atoms with Crippen molar-refractivity contribution in [1.82, 2.24) is 21.3 Å². The largest absolute Gasteiger partial charge is 0.465 e. The van der Waals surface area contributed by atoms with Crippen molar-refractivity contribution in [2.45, 2.75) is 69.2 Å². The summed E-state index contributed by atoms with van der Waals surface area (Å²) in [5.41, 5.74) is -0.324. The lowest BCUT2D eigenvalue weighted by molar-refractivity contribution is -0.131. The van der Waals surface area contributed by atoms with Gasteiger partial charge in [-0.05, 0) is 41.5 Å². The van der Waals surface area contributed by atoms with Crippen LogP contribution in [0.5, 0.6) is 0 Å². The van der Waals surface area contributed by atoms with Crippen LogP contribution in [0.1, 0.15) is 38.7 Å². The van der Waals surface area contributed by atoms with E-state index in [1.807, 2.05) is 56.3 Å². The Bertz CT molecular complexity index is 1440. The minimum Gasteiger partial charge on any atom is -0.465 e. The number of benzene rings is 2. The minimum absolute atomic E-state index is 0.0231. The molecule has 42 heavy (non-hydrogen) atoms. The van der Waals surface area contributed by atoms with Crippen LogP contribution in [0.15, 0.2) is 42.5 Å². The summed E-state index contributed by atoms with van der Waals surface area (Å²) in [5.74, 6) is -1.85. The predicted octanol–water partition coefficient (Wildman–Crippen LogP) is 1.33. The maximum Gasteiger partial charge on any atom is 0.405 e. The van der Waals surface area contributed by atoms with E-state index < -0.39 is 63.3 Å². The molecule has 0 spiro atoms. The van der Waals surface area contributed by atoms with Crippen molar-refractivity contribution in [2.75, 3.05) is 12.8 Å². The van der Waals surface area contributed by atoms with E-state index in [2.05, 4.69) is 21.3 Å². The van der Waals surface area contributed by atoms with Gasteiger partial charge in [-0.3, -0.25) is 14.4 Å². The lowest BCUT2D eigenvalue weighted by Crippen LogP contribution is -2.56. The normalized spacial score (nSPS) is 22.2. The molecular formula is C29H38N4O8S. The molecule has 5 N–H and O–H groups in total. The number of carbonyl (C=O) groups excluding carboxylic acids is 3. The Balaban J connectivity index is 1.52. The maximum atomic E-state index is 13.6. The van der Waals surface area contributed by atoms with Crippen molar-refractivity contribution in [2.24, 2.45) is 11.8 Å². The molecule has 12 nitrogen and oxygen atoms in total. The third-order valence-electron chi connectivity index (χ3n) is 7.59. The summed E-state index contributed by atoms with van der Waals surface area (Å²) in [4.78, 5) is 50.9. The van der Waals surface area contributed by atoms with Gasteiger partial charge in [-0.15, -0.1) is 0 Å². The number of sulfone groups is 1. The van der Waals surface area contributed by atoms with Gasteiger partial charge in [0.2, 0.25) is 17.7 Å². The number of carbonyl (C=O) groups is 4. The summed E-state index contributed by atoms with van der Waals surface area (Å²) in [6.45, 7) is 4.24. The molecule has 228 valence electrons. The van der Waals surface area contributed by atoms with E-state index in [9.17, 15) is 32.7 Å². The number of epoxide rings is 1. The average molecular weight is 603 g/mol. The Morgan fingerprint density at radius 1 is 1.02 bits per heavy atom. The van der Waals surface area contributed by atoms with E-state index in [1.165, 1.54) is 0 Å². The predicted molar refractivity (Wildman–Crippen MR) is 155 cm³/mol. The number of nitrogens with one attached hydrogen (secondary N) is 4. The summed E-state index contributed by atoms with van der Waals surface area (Å²) < 4.78 is 29.6. The number of amides is 4. The van der Waals surface area contributed by atoms with Gasteiger partial charge in [0.05, 0.1) is 6.04 Å². The molecule has 0 aliphatic carbocycles. The second kappa shape index (κ2) is 13.1.